The van der Waals surface area contributed by atoms with Gasteiger partial charge in [-0.2, -0.15) is 0 Å². The minimum absolute atomic E-state index is 0.0972. The summed E-state index contributed by atoms with van der Waals surface area (Å²) in [6.07, 6.45) is 9.18. The second-order valence-electron chi connectivity index (χ2n) is 6.85. The van der Waals surface area contributed by atoms with E-state index in [0.717, 1.165) is 23.3 Å². The van der Waals surface area contributed by atoms with Crippen LogP contribution < -0.4 is 0 Å². The van der Waals surface area contributed by atoms with Crippen molar-refractivity contribution in [2.75, 3.05) is 0 Å². The van der Waals surface area contributed by atoms with Gasteiger partial charge >= 0.3 is 0 Å². The molecule has 2 aromatic rings. The fourth-order valence-corrected chi connectivity index (χ4v) is 4.87. The molecule has 2 aromatic carbocycles. The van der Waals surface area contributed by atoms with Gasteiger partial charge in [-0.15, -0.1) is 11.8 Å². The number of rotatable bonds is 3. The molecule has 1 heterocycles. The van der Waals surface area contributed by atoms with Crippen LogP contribution in [0.1, 0.15) is 28.4 Å². The first-order valence-corrected chi connectivity index (χ1v) is 9.93. The van der Waals surface area contributed by atoms with E-state index in [1.807, 2.05) is 23.9 Å². The summed E-state index contributed by atoms with van der Waals surface area (Å²) in [6.45, 7) is 2.07. The van der Waals surface area contributed by atoms with Crippen molar-refractivity contribution in [3.63, 3.8) is 0 Å². The Morgan fingerprint density at radius 1 is 1.11 bits per heavy atom. The summed E-state index contributed by atoms with van der Waals surface area (Å²) in [7, 11) is 0. The van der Waals surface area contributed by atoms with E-state index >= 15 is 0 Å². The van der Waals surface area contributed by atoms with Crippen LogP contribution in [-0.4, -0.2) is 21.9 Å². The first kappa shape index (κ1) is 17.7. The van der Waals surface area contributed by atoms with Gasteiger partial charge in [-0.1, -0.05) is 66.3 Å². The molecule has 0 saturated heterocycles. The van der Waals surface area contributed by atoms with Crippen LogP contribution in [-0.2, 0) is 0 Å². The average molecular weight is 376 g/mol. The molecule has 0 aromatic heterocycles. The van der Waals surface area contributed by atoms with E-state index in [2.05, 4.69) is 49.4 Å². The van der Waals surface area contributed by atoms with Gasteiger partial charge in [-0.25, -0.2) is 0 Å². The predicted molar refractivity (Wildman–Crippen MR) is 112 cm³/mol. The molecule has 0 fully saturated rings. The number of aliphatic imine (C=N–C) groups is 1. The molecule has 5 heteroatoms. The Bertz CT molecular complexity index is 947. The first-order valence-electron chi connectivity index (χ1n) is 8.99. The second kappa shape index (κ2) is 7.53. The van der Waals surface area contributed by atoms with Crippen molar-refractivity contribution in [3.05, 3.63) is 99.6 Å². The smallest absolute Gasteiger partial charge is 0.269 e. The first-order chi connectivity index (χ1) is 13.1. The minimum atomic E-state index is -0.327. The lowest BCUT2D eigenvalue weighted by molar-refractivity contribution is -0.384. The summed E-state index contributed by atoms with van der Waals surface area (Å²) in [5.74, 6) is 0. The second-order valence-corrected chi connectivity index (χ2v) is 8.23. The summed E-state index contributed by atoms with van der Waals surface area (Å²) < 4.78 is 0. The summed E-state index contributed by atoms with van der Waals surface area (Å²) >= 11 is 1.84. The van der Waals surface area contributed by atoms with Gasteiger partial charge in [0.2, 0.25) is 0 Å². The maximum Gasteiger partial charge on any atom is 0.269 e. The standard InChI is InChI=1S/C22H20N2O2S/c1-15-9-11-16(12-10-15)20-14-22(17-5-4-6-18(13-17)24(25)26)27-21-8-3-2-7-19(21)23-20/h2-13,19,21-22H,14H2,1H3. The van der Waals surface area contributed by atoms with Crippen molar-refractivity contribution >= 4 is 23.2 Å². The highest BCUT2D eigenvalue weighted by atomic mass is 32.2. The van der Waals surface area contributed by atoms with Crippen LogP contribution in [0.2, 0.25) is 0 Å². The largest absolute Gasteiger partial charge is 0.280 e. The van der Waals surface area contributed by atoms with Crippen LogP contribution in [0.15, 0.2) is 77.8 Å². The highest BCUT2D eigenvalue weighted by Gasteiger charge is 2.30. The zero-order chi connectivity index (χ0) is 18.8. The molecule has 3 atom stereocenters. The van der Waals surface area contributed by atoms with Gasteiger partial charge in [0.15, 0.2) is 0 Å². The molecule has 136 valence electrons. The highest BCUT2D eigenvalue weighted by Crippen LogP contribution is 2.42. The van der Waals surface area contributed by atoms with Crippen LogP contribution in [0, 0.1) is 17.0 Å². The van der Waals surface area contributed by atoms with Crippen molar-refractivity contribution in [2.45, 2.75) is 29.9 Å². The van der Waals surface area contributed by atoms with E-state index < -0.39 is 0 Å². The topological polar surface area (TPSA) is 55.5 Å². The zero-order valence-corrected chi connectivity index (χ0v) is 15.8. The number of nitro groups is 1. The van der Waals surface area contributed by atoms with E-state index in [-0.39, 0.29) is 27.2 Å². The van der Waals surface area contributed by atoms with Crippen LogP contribution in [0.4, 0.5) is 5.69 Å². The maximum atomic E-state index is 11.2. The van der Waals surface area contributed by atoms with Gasteiger partial charge in [0.05, 0.1) is 11.0 Å². The Hall–Kier alpha value is -2.66. The molecule has 1 aliphatic carbocycles. The van der Waals surface area contributed by atoms with Gasteiger partial charge in [0.1, 0.15) is 0 Å². The molecule has 4 rings (SSSR count). The fraction of sp³-hybridized carbons (Fsp3) is 0.227. The average Bonchev–Trinajstić information content (AvgIpc) is 2.88. The zero-order valence-electron chi connectivity index (χ0n) is 15.0. The monoisotopic (exact) mass is 376 g/mol. The Morgan fingerprint density at radius 2 is 1.89 bits per heavy atom. The lowest BCUT2D eigenvalue weighted by atomic mass is 9.99. The molecular formula is C22H20N2O2S. The van der Waals surface area contributed by atoms with Crippen LogP contribution in [0.5, 0.6) is 0 Å². The van der Waals surface area contributed by atoms with Crippen molar-refractivity contribution in [1.29, 1.82) is 0 Å². The third-order valence-corrected chi connectivity index (χ3v) is 6.42. The van der Waals surface area contributed by atoms with Crippen molar-refractivity contribution in [2.24, 2.45) is 4.99 Å². The normalized spacial score (nSPS) is 24.0. The quantitative estimate of drug-likeness (QED) is 0.530. The van der Waals surface area contributed by atoms with Gasteiger partial charge in [0, 0.05) is 34.8 Å². The van der Waals surface area contributed by atoms with Crippen LogP contribution in [0.25, 0.3) is 0 Å². The number of nitrogens with zero attached hydrogens (tertiary/aromatic N) is 2. The van der Waals surface area contributed by atoms with E-state index in [9.17, 15) is 10.1 Å². The molecule has 0 radical (unpaired) electrons. The number of allylic oxidation sites excluding steroid dienone is 2. The number of aryl methyl sites for hydroxylation is 1. The number of hydrogen-bond acceptors (Lipinski definition) is 4. The van der Waals surface area contributed by atoms with Crippen LogP contribution in [0.3, 0.4) is 0 Å². The number of hydrogen-bond donors (Lipinski definition) is 0. The van der Waals surface area contributed by atoms with Gasteiger partial charge in [0.25, 0.3) is 5.69 Å². The predicted octanol–water partition coefficient (Wildman–Crippen LogP) is 5.43. The lowest BCUT2D eigenvalue weighted by Gasteiger charge is -2.22. The summed E-state index contributed by atoms with van der Waals surface area (Å²) in [4.78, 5) is 15.9. The molecule has 27 heavy (non-hydrogen) atoms. The lowest BCUT2D eigenvalue weighted by Crippen LogP contribution is -2.19. The molecule has 0 spiro atoms. The van der Waals surface area contributed by atoms with Crippen LogP contribution >= 0.6 is 11.8 Å². The molecule has 3 unspecified atom stereocenters. The number of fused-ring (bicyclic) bond motifs is 1. The molecule has 0 bridgehead atoms. The minimum Gasteiger partial charge on any atom is -0.280 e. The molecule has 4 nitrogen and oxygen atoms in total. The van der Waals surface area contributed by atoms with Gasteiger partial charge in [-0.05, 0) is 18.1 Å². The number of nitro benzene ring substituents is 1. The summed E-state index contributed by atoms with van der Waals surface area (Å²) in [5, 5.41) is 11.6. The third kappa shape index (κ3) is 3.88. The van der Waals surface area contributed by atoms with E-state index in [0.29, 0.717) is 0 Å². The number of non-ortho nitro benzene ring substituents is 1. The Morgan fingerprint density at radius 3 is 2.67 bits per heavy atom. The fourth-order valence-electron chi connectivity index (χ4n) is 3.44. The Balaban J connectivity index is 1.73. The van der Waals surface area contributed by atoms with Gasteiger partial charge in [-0.3, -0.25) is 15.1 Å². The van der Waals surface area contributed by atoms with Gasteiger partial charge < -0.3 is 0 Å². The van der Waals surface area contributed by atoms with Crippen molar-refractivity contribution in [3.8, 4) is 0 Å². The molecule has 0 saturated carbocycles. The number of benzene rings is 2. The Labute approximate surface area is 162 Å². The highest BCUT2D eigenvalue weighted by molar-refractivity contribution is 8.00. The SMILES string of the molecule is Cc1ccc(C2=NC3C=CC=CC3SC(c3cccc([N+](=O)[O-])c3)C2)cc1. The van der Waals surface area contributed by atoms with E-state index in [1.165, 1.54) is 5.56 Å². The third-order valence-electron chi connectivity index (χ3n) is 4.90. The Kier molecular flexibility index (Phi) is 4.94. The van der Waals surface area contributed by atoms with E-state index in [1.54, 1.807) is 18.2 Å². The molecular weight excluding hydrogens is 356 g/mol. The maximum absolute atomic E-state index is 11.2. The number of thioether (sulfide) groups is 1. The molecule has 2 aliphatic rings. The summed E-state index contributed by atoms with van der Waals surface area (Å²) in [6, 6.07) is 15.5. The molecule has 0 N–H and O–H groups in total. The van der Waals surface area contributed by atoms with Crippen molar-refractivity contribution < 1.29 is 4.92 Å². The van der Waals surface area contributed by atoms with Crippen molar-refractivity contribution in [1.82, 2.24) is 0 Å². The molecule has 1 aliphatic heterocycles. The van der Waals surface area contributed by atoms with E-state index in [4.69, 9.17) is 4.99 Å². The summed E-state index contributed by atoms with van der Waals surface area (Å²) in [5.41, 5.74) is 4.53. The molecule has 0 amide bonds.